The van der Waals surface area contributed by atoms with Gasteiger partial charge in [0.15, 0.2) is 6.10 Å². The molecular weight excluding hydrogens is 286 g/mol. The first-order valence-electron chi connectivity index (χ1n) is 8.10. The molecule has 0 unspecified atom stereocenters. The number of benzene rings is 2. The van der Waals surface area contributed by atoms with Crippen LogP contribution in [0.15, 0.2) is 48.5 Å². The number of hydrogen-bond acceptors (Lipinski definition) is 2. The van der Waals surface area contributed by atoms with Crippen LogP contribution in [-0.4, -0.2) is 12.0 Å². The number of hydrogen-bond donors (Lipinski definition) is 1. The molecule has 122 valence electrons. The van der Waals surface area contributed by atoms with Crippen molar-refractivity contribution in [2.45, 2.75) is 46.3 Å². The summed E-state index contributed by atoms with van der Waals surface area (Å²) in [6.07, 6.45) is 0.309. The minimum atomic E-state index is -0.530. The Morgan fingerprint density at radius 3 is 2.04 bits per heavy atom. The van der Waals surface area contributed by atoms with E-state index in [1.165, 1.54) is 11.1 Å². The van der Waals surface area contributed by atoms with Crippen molar-refractivity contribution >= 4 is 5.91 Å². The molecule has 3 nitrogen and oxygen atoms in total. The molecule has 2 rings (SSSR count). The van der Waals surface area contributed by atoms with Gasteiger partial charge in [0.2, 0.25) is 0 Å². The van der Waals surface area contributed by atoms with E-state index in [-0.39, 0.29) is 11.9 Å². The number of ether oxygens (including phenoxy) is 1. The molecule has 0 bridgehead atoms. The average Bonchev–Trinajstić information content (AvgIpc) is 2.55. The lowest BCUT2D eigenvalue weighted by Gasteiger charge is -2.21. The summed E-state index contributed by atoms with van der Waals surface area (Å²) in [7, 11) is 0. The third-order valence-corrected chi connectivity index (χ3v) is 3.91. The Labute approximate surface area is 138 Å². The average molecular weight is 311 g/mol. The summed E-state index contributed by atoms with van der Waals surface area (Å²) in [4.78, 5) is 12.4. The van der Waals surface area contributed by atoms with Gasteiger partial charge in [-0.05, 0) is 44.9 Å². The fourth-order valence-corrected chi connectivity index (χ4v) is 2.38. The first kappa shape index (κ1) is 17.1. The maximum absolute atomic E-state index is 12.4. The zero-order valence-electron chi connectivity index (χ0n) is 14.3. The minimum Gasteiger partial charge on any atom is -0.481 e. The molecule has 2 aromatic carbocycles. The number of carbonyl (C=O) groups is 1. The maximum atomic E-state index is 12.4. The van der Waals surface area contributed by atoms with E-state index >= 15 is 0 Å². The van der Waals surface area contributed by atoms with E-state index in [0.29, 0.717) is 5.75 Å². The lowest BCUT2D eigenvalue weighted by molar-refractivity contribution is -0.128. The number of carbonyl (C=O) groups excluding carboxylic acids is 1. The molecule has 2 atom stereocenters. The molecule has 0 radical (unpaired) electrons. The number of nitrogens with one attached hydrogen (secondary N) is 1. The van der Waals surface area contributed by atoms with E-state index < -0.39 is 6.10 Å². The van der Waals surface area contributed by atoms with Crippen molar-refractivity contribution in [3.63, 3.8) is 0 Å². The third-order valence-electron chi connectivity index (χ3n) is 3.91. The summed E-state index contributed by atoms with van der Waals surface area (Å²) in [5.41, 5.74) is 3.50. The summed E-state index contributed by atoms with van der Waals surface area (Å²) in [6.45, 7) is 7.92. The highest BCUT2D eigenvalue weighted by atomic mass is 16.5. The van der Waals surface area contributed by atoms with E-state index in [4.69, 9.17) is 4.74 Å². The molecule has 0 aromatic heterocycles. The van der Waals surface area contributed by atoms with E-state index in [9.17, 15) is 4.79 Å². The Morgan fingerprint density at radius 2 is 1.52 bits per heavy atom. The molecule has 2 aromatic rings. The summed E-state index contributed by atoms with van der Waals surface area (Å²) in [6, 6.07) is 16.0. The minimum absolute atomic E-state index is 0.00664. The van der Waals surface area contributed by atoms with Crippen LogP contribution >= 0.6 is 0 Å². The highest BCUT2D eigenvalue weighted by Gasteiger charge is 2.19. The number of rotatable bonds is 6. The van der Waals surface area contributed by atoms with Gasteiger partial charge in [-0.1, -0.05) is 54.4 Å². The standard InChI is InChI=1S/C20H25NO2/c1-5-19(17-10-6-14(2)7-11-17)21-20(22)16(4)23-18-12-8-15(3)9-13-18/h6-13,16,19H,5H2,1-4H3,(H,21,22)/t16-,19+/m0/s1. The van der Waals surface area contributed by atoms with Crippen molar-refractivity contribution in [1.82, 2.24) is 5.32 Å². The van der Waals surface area contributed by atoms with E-state index in [1.807, 2.05) is 31.2 Å². The highest BCUT2D eigenvalue weighted by molar-refractivity contribution is 5.81. The predicted octanol–water partition coefficient (Wildman–Crippen LogP) is 4.34. The summed E-state index contributed by atoms with van der Waals surface area (Å²) < 4.78 is 5.72. The predicted molar refractivity (Wildman–Crippen MR) is 93.6 cm³/mol. The molecule has 0 heterocycles. The molecule has 0 spiro atoms. The SMILES string of the molecule is CC[C@@H](NC(=O)[C@H](C)Oc1ccc(C)cc1)c1ccc(C)cc1. The zero-order chi connectivity index (χ0) is 16.8. The summed E-state index contributed by atoms with van der Waals surface area (Å²) in [5, 5.41) is 3.07. The van der Waals surface area contributed by atoms with Crippen molar-refractivity contribution in [2.75, 3.05) is 0 Å². The fourth-order valence-electron chi connectivity index (χ4n) is 2.38. The molecule has 0 aliphatic heterocycles. The molecule has 1 N–H and O–H groups in total. The van der Waals surface area contributed by atoms with Crippen LogP contribution in [0, 0.1) is 13.8 Å². The monoisotopic (exact) mass is 311 g/mol. The van der Waals surface area contributed by atoms with Gasteiger partial charge in [-0.15, -0.1) is 0 Å². The van der Waals surface area contributed by atoms with Crippen LogP contribution in [0.25, 0.3) is 0 Å². The summed E-state index contributed by atoms with van der Waals surface area (Å²) >= 11 is 0. The topological polar surface area (TPSA) is 38.3 Å². The van der Waals surface area contributed by atoms with Crippen LogP contribution in [0.4, 0.5) is 0 Å². The van der Waals surface area contributed by atoms with Gasteiger partial charge in [0, 0.05) is 0 Å². The van der Waals surface area contributed by atoms with Gasteiger partial charge in [-0.25, -0.2) is 0 Å². The van der Waals surface area contributed by atoms with E-state index in [2.05, 4.69) is 43.4 Å². The molecule has 0 aliphatic rings. The first-order valence-corrected chi connectivity index (χ1v) is 8.10. The molecule has 0 saturated carbocycles. The van der Waals surface area contributed by atoms with Crippen LogP contribution in [-0.2, 0) is 4.79 Å². The maximum Gasteiger partial charge on any atom is 0.261 e. The Hall–Kier alpha value is -2.29. The Kier molecular flexibility index (Phi) is 5.80. The molecule has 1 amide bonds. The quantitative estimate of drug-likeness (QED) is 0.862. The second-order valence-electron chi connectivity index (χ2n) is 5.95. The van der Waals surface area contributed by atoms with Crippen molar-refractivity contribution in [2.24, 2.45) is 0 Å². The first-order chi connectivity index (χ1) is 11.0. The second kappa shape index (κ2) is 7.82. The van der Waals surface area contributed by atoms with Crippen molar-refractivity contribution < 1.29 is 9.53 Å². The normalized spacial score (nSPS) is 13.2. The number of aryl methyl sites for hydroxylation is 2. The van der Waals surface area contributed by atoms with Crippen molar-refractivity contribution in [3.05, 3.63) is 65.2 Å². The van der Waals surface area contributed by atoms with Gasteiger partial charge < -0.3 is 10.1 Å². The molecule has 0 aliphatic carbocycles. The third kappa shape index (κ3) is 4.85. The Morgan fingerprint density at radius 1 is 1.00 bits per heavy atom. The van der Waals surface area contributed by atoms with Crippen LogP contribution < -0.4 is 10.1 Å². The summed E-state index contributed by atoms with van der Waals surface area (Å²) in [5.74, 6) is 0.611. The lowest BCUT2D eigenvalue weighted by atomic mass is 10.0. The molecule has 0 saturated heterocycles. The number of amides is 1. The zero-order valence-corrected chi connectivity index (χ0v) is 14.3. The van der Waals surface area contributed by atoms with Gasteiger partial charge in [0.05, 0.1) is 6.04 Å². The molecular formula is C20H25NO2. The van der Waals surface area contributed by atoms with E-state index in [1.54, 1.807) is 6.92 Å². The highest BCUT2D eigenvalue weighted by Crippen LogP contribution is 2.18. The molecule has 0 fully saturated rings. The Balaban J connectivity index is 1.98. The van der Waals surface area contributed by atoms with Gasteiger partial charge in [-0.2, -0.15) is 0 Å². The second-order valence-corrected chi connectivity index (χ2v) is 5.95. The molecule has 3 heteroatoms. The van der Waals surface area contributed by atoms with Crippen LogP contribution in [0.5, 0.6) is 5.75 Å². The van der Waals surface area contributed by atoms with Gasteiger partial charge in [0.1, 0.15) is 5.75 Å². The molecule has 23 heavy (non-hydrogen) atoms. The smallest absolute Gasteiger partial charge is 0.261 e. The Bertz CT molecular complexity index is 632. The van der Waals surface area contributed by atoms with Gasteiger partial charge >= 0.3 is 0 Å². The van der Waals surface area contributed by atoms with Crippen LogP contribution in [0.1, 0.15) is 43.0 Å². The van der Waals surface area contributed by atoms with Crippen molar-refractivity contribution in [1.29, 1.82) is 0 Å². The van der Waals surface area contributed by atoms with Crippen molar-refractivity contribution in [3.8, 4) is 5.75 Å². The van der Waals surface area contributed by atoms with Gasteiger partial charge in [-0.3, -0.25) is 4.79 Å². The van der Waals surface area contributed by atoms with Gasteiger partial charge in [0.25, 0.3) is 5.91 Å². The van der Waals surface area contributed by atoms with Crippen LogP contribution in [0.2, 0.25) is 0 Å². The van der Waals surface area contributed by atoms with Crippen LogP contribution in [0.3, 0.4) is 0 Å². The van der Waals surface area contributed by atoms with E-state index in [0.717, 1.165) is 12.0 Å². The fraction of sp³-hybridized carbons (Fsp3) is 0.350. The largest absolute Gasteiger partial charge is 0.481 e. The lowest BCUT2D eigenvalue weighted by Crippen LogP contribution is -2.38.